The van der Waals surface area contributed by atoms with Crippen molar-refractivity contribution in [1.82, 2.24) is 14.8 Å². The topological polar surface area (TPSA) is 70.6 Å². The zero-order valence-corrected chi connectivity index (χ0v) is 15.6. The maximum Gasteiger partial charge on any atom is 0.225 e. The quantitative estimate of drug-likeness (QED) is 0.778. The van der Waals surface area contributed by atoms with Gasteiger partial charge in [0, 0.05) is 43.9 Å². The molecule has 3 rings (SSSR count). The molecule has 0 spiro atoms. The fourth-order valence-electron chi connectivity index (χ4n) is 3.83. The normalized spacial score (nSPS) is 24.3. The molecule has 2 saturated heterocycles. The molecule has 6 nitrogen and oxygen atoms in total. The Morgan fingerprint density at radius 1 is 1.28 bits per heavy atom. The fraction of sp³-hybridized carbons (Fsp3) is 0.667. The Labute approximate surface area is 150 Å². The average molecular weight is 365 g/mol. The van der Waals surface area contributed by atoms with E-state index in [2.05, 4.69) is 9.88 Å². The number of amides is 1. The van der Waals surface area contributed by atoms with Crippen LogP contribution in [-0.2, 0) is 21.1 Å². The molecular weight excluding hydrogens is 338 g/mol. The van der Waals surface area contributed by atoms with Crippen molar-refractivity contribution in [1.29, 1.82) is 0 Å². The Kier molecular flexibility index (Phi) is 5.74. The van der Waals surface area contributed by atoms with Crippen molar-refractivity contribution < 1.29 is 13.2 Å². The van der Waals surface area contributed by atoms with Crippen LogP contribution in [-0.4, -0.2) is 73.3 Å². The van der Waals surface area contributed by atoms with Crippen LogP contribution in [0.3, 0.4) is 0 Å². The maximum absolute atomic E-state index is 12.6. The van der Waals surface area contributed by atoms with Gasteiger partial charge in [0.1, 0.15) is 0 Å². The largest absolute Gasteiger partial charge is 0.345 e. The van der Waals surface area contributed by atoms with Crippen molar-refractivity contribution in [3.05, 3.63) is 30.1 Å². The first-order valence-electron chi connectivity index (χ1n) is 9.04. The molecule has 1 aromatic heterocycles. The van der Waals surface area contributed by atoms with Gasteiger partial charge in [-0.1, -0.05) is 6.07 Å². The summed E-state index contributed by atoms with van der Waals surface area (Å²) < 4.78 is 23.3. The first-order chi connectivity index (χ1) is 11.9. The average Bonchev–Trinajstić information content (AvgIpc) is 3.00. The van der Waals surface area contributed by atoms with E-state index in [9.17, 15) is 13.2 Å². The third kappa shape index (κ3) is 4.79. The number of carbonyl (C=O) groups is 1. The molecule has 0 aromatic carbocycles. The third-order valence-corrected chi connectivity index (χ3v) is 7.16. The summed E-state index contributed by atoms with van der Waals surface area (Å²) >= 11 is 0. The molecule has 1 amide bonds. The van der Waals surface area contributed by atoms with Crippen molar-refractivity contribution >= 4 is 15.7 Å². The van der Waals surface area contributed by atoms with Crippen LogP contribution >= 0.6 is 0 Å². The van der Waals surface area contributed by atoms with Gasteiger partial charge in [0.05, 0.1) is 11.5 Å². The number of hydrogen-bond donors (Lipinski definition) is 0. The zero-order valence-electron chi connectivity index (χ0n) is 14.8. The molecule has 25 heavy (non-hydrogen) atoms. The summed E-state index contributed by atoms with van der Waals surface area (Å²) in [5.74, 6) is 0.861. The molecule has 1 atom stereocenters. The number of pyridine rings is 1. The molecule has 0 radical (unpaired) electrons. The minimum atomic E-state index is -2.84. The van der Waals surface area contributed by atoms with Crippen LogP contribution in [0.4, 0.5) is 0 Å². The van der Waals surface area contributed by atoms with E-state index in [-0.39, 0.29) is 23.6 Å². The highest BCUT2D eigenvalue weighted by atomic mass is 32.2. The predicted molar refractivity (Wildman–Crippen MR) is 96.9 cm³/mol. The number of piperidine rings is 1. The SMILES string of the molecule is CN(CCc1ccccn1)C(=O)C1CCN([C@@H]2CCS(=O)(=O)C2)CC1. The monoisotopic (exact) mass is 365 g/mol. The first-order valence-corrected chi connectivity index (χ1v) is 10.9. The smallest absolute Gasteiger partial charge is 0.225 e. The minimum absolute atomic E-state index is 0.0583. The highest BCUT2D eigenvalue weighted by Crippen LogP contribution is 2.25. The predicted octanol–water partition coefficient (Wildman–Crippen LogP) is 0.982. The molecule has 0 saturated carbocycles. The van der Waals surface area contributed by atoms with Crippen LogP contribution in [0.25, 0.3) is 0 Å². The van der Waals surface area contributed by atoms with E-state index in [1.807, 2.05) is 30.1 Å². The van der Waals surface area contributed by atoms with Crippen LogP contribution in [0.2, 0.25) is 0 Å². The van der Waals surface area contributed by atoms with Gasteiger partial charge in [-0.25, -0.2) is 8.42 Å². The van der Waals surface area contributed by atoms with Gasteiger partial charge in [0.25, 0.3) is 0 Å². The van der Waals surface area contributed by atoms with E-state index >= 15 is 0 Å². The van der Waals surface area contributed by atoms with Crippen molar-refractivity contribution in [2.24, 2.45) is 5.92 Å². The molecule has 2 aliphatic heterocycles. The Morgan fingerprint density at radius 3 is 2.64 bits per heavy atom. The molecular formula is C18H27N3O3S. The van der Waals surface area contributed by atoms with Crippen molar-refractivity contribution in [2.75, 3.05) is 38.2 Å². The summed E-state index contributed by atoms with van der Waals surface area (Å²) in [6, 6.07) is 5.99. The molecule has 1 aromatic rings. The van der Waals surface area contributed by atoms with Crippen LogP contribution in [0.1, 0.15) is 25.0 Å². The van der Waals surface area contributed by atoms with Gasteiger partial charge in [-0.05, 0) is 44.5 Å². The number of likely N-dealkylation sites (N-methyl/N-ethyl adjacent to an activating group) is 1. The number of aromatic nitrogens is 1. The van der Waals surface area contributed by atoms with Gasteiger partial charge < -0.3 is 4.90 Å². The second-order valence-electron chi connectivity index (χ2n) is 7.20. The maximum atomic E-state index is 12.6. The molecule has 2 fully saturated rings. The van der Waals surface area contributed by atoms with E-state index in [1.54, 1.807) is 6.20 Å². The summed E-state index contributed by atoms with van der Waals surface area (Å²) in [6.07, 6.45) is 4.93. The number of carbonyl (C=O) groups excluding carboxylic acids is 1. The fourth-order valence-corrected chi connectivity index (χ4v) is 5.59. The highest BCUT2D eigenvalue weighted by molar-refractivity contribution is 7.91. The molecule has 0 bridgehead atoms. The van der Waals surface area contributed by atoms with Crippen LogP contribution in [0, 0.1) is 5.92 Å². The molecule has 7 heteroatoms. The van der Waals surface area contributed by atoms with Gasteiger partial charge in [0.2, 0.25) is 5.91 Å². The lowest BCUT2D eigenvalue weighted by Gasteiger charge is -2.36. The van der Waals surface area contributed by atoms with E-state index in [4.69, 9.17) is 0 Å². The van der Waals surface area contributed by atoms with E-state index in [1.165, 1.54) is 0 Å². The van der Waals surface area contributed by atoms with Gasteiger partial charge in [-0.3, -0.25) is 14.7 Å². The summed E-state index contributed by atoms with van der Waals surface area (Å²) in [4.78, 5) is 21.0. The lowest BCUT2D eigenvalue weighted by atomic mass is 9.94. The number of nitrogens with zero attached hydrogens (tertiary/aromatic N) is 3. The highest BCUT2D eigenvalue weighted by Gasteiger charge is 2.35. The molecule has 0 aliphatic carbocycles. The molecule has 3 heterocycles. The standard InChI is InChI=1S/C18H27N3O3S/c1-20(10-7-16-4-2-3-9-19-16)18(22)15-5-11-21(12-6-15)17-8-13-25(23,24)14-17/h2-4,9,15,17H,5-8,10-14H2,1H3/t17-/m1/s1. The second kappa shape index (κ2) is 7.83. The van der Waals surface area contributed by atoms with Crippen LogP contribution < -0.4 is 0 Å². The first kappa shape index (κ1) is 18.3. The Balaban J connectivity index is 1.45. The van der Waals surface area contributed by atoms with Crippen molar-refractivity contribution in [2.45, 2.75) is 31.7 Å². The molecule has 138 valence electrons. The van der Waals surface area contributed by atoms with Gasteiger partial charge in [-0.15, -0.1) is 0 Å². The van der Waals surface area contributed by atoms with Crippen LogP contribution in [0.15, 0.2) is 24.4 Å². The Bertz CT molecular complexity index is 685. The second-order valence-corrected chi connectivity index (χ2v) is 9.43. The van der Waals surface area contributed by atoms with E-state index in [0.717, 1.165) is 44.5 Å². The number of likely N-dealkylation sites (tertiary alicyclic amines) is 1. The zero-order chi connectivity index (χ0) is 17.9. The summed E-state index contributed by atoms with van der Waals surface area (Å²) in [6.45, 7) is 2.33. The third-order valence-electron chi connectivity index (χ3n) is 5.41. The van der Waals surface area contributed by atoms with Gasteiger partial charge >= 0.3 is 0 Å². The molecule has 2 aliphatic rings. The van der Waals surface area contributed by atoms with E-state index < -0.39 is 9.84 Å². The van der Waals surface area contributed by atoms with Crippen molar-refractivity contribution in [3.63, 3.8) is 0 Å². The number of sulfone groups is 1. The Morgan fingerprint density at radius 2 is 2.04 bits per heavy atom. The van der Waals surface area contributed by atoms with E-state index in [0.29, 0.717) is 12.3 Å². The van der Waals surface area contributed by atoms with Crippen LogP contribution in [0.5, 0.6) is 0 Å². The lowest BCUT2D eigenvalue weighted by molar-refractivity contribution is -0.135. The van der Waals surface area contributed by atoms with Crippen molar-refractivity contribution in [3.8, 4) is 0 Å². The summed E-state index contributed by atoms with van der Waals surface area (Å²) in [5.41, 5.74) is 0.999. The van der Waals surface area contributed by atoms with Gasteiger partial charge in [-0.2, -0.15) is 0 Å². The Hall–Kier alpha value is -1.47. The minimum Gasteiger partial charge on any atom is -0.345 e. The molecule has 0 unspecified atom stereocenters. The van der Waals surface area contributed by atoms with Gasteiger partial charge in [0.15, 0.2) is 9.84 Å². The number of hydrogen-bond acceptors (Lipinski definition) is 5. The lowest BCUT2D eigenvalue weighted by Crippen LogP contribution is -2.45. The number of rotatable bonds is 5. The summed E-state index contributed by atoms with van der Waals surface area (Å²) in [7, 11) is -0.982. The summed E-state index contributed by atoms with van der Waals surface area (Å²) in [5, 5.41) is 0. The molecule has 0 N–H and O–H groups in total.